The van der Waals surface area contributed by atoms with E-state index in [1.54, 1.807) is 0 Å². The van der Waals surface area contributed by atoms with E-state index in [1.165, 1.54) is 11.1 Å². The molecule has 0 saturated heterocycles. The molecular weight excluding hydrogens is 222 g/mol. The van der Waals surface area contributed by atoms with Crippen LogP contribution in [0.25, 0.3) is 0 Å². The second kappa shape index (κ2) is 6.43. The van der Waals surface area contributed by atoms with Crippen molar-refractivity contribution in [2.45, 2.75) is 53.6 Å². The molecule has 0 saturated carbocycles. The zero-order valence-corrected chi connectivity index (χ0v) is 12.3. The lowest BCUT2D eigenvalue weighted by Gasteiger charge is -2.17. The topological polar surface area (TPSA) is 36.4 Å². The van der Waals surface area contributed by atoms with Crippen LogP contribution in [0.1, 0.15) is 38.8 Å². The van der Waals surface area contributed by atoms with Crippen LogP contribution in [0.15, 0.2) is 23.2 Å². The highest BCUT2D eigenvalue weighted by Gasteiger charge is 2.04. The lowest BCUT2D eigenvalue weighted by Crippen LogP contribution is -2.36. The van der Waals surface area contributed by atoms with Gasteiger partial charge in [-0.25, -0.2) is 0 Å². The SMILES string of the molecule is Cc1cc(C)cc(NC(=NC(C)C)NC(C)C)c1. The molecule has 1 rings (SSSR count). The van der Waals surface area contributed by atoms with Crippen LogP contribution in [-0.2, 0) is 0 Å². The van der Waals surface area contributed by atoms with Crippen molar-refractivity contribution in [2.75, 3.05) is 5.32 Å². The molecule has 0 amide bonds. The van der Waals surface area contributed by atoms with Crippen molar-refractivity contribution in [3.8, 4) is 0 Å². The Morgan fingerprint density at radius 2 is 1.56 bits per heavy atom. The second-order valence-electron chi connectivity index (χ2n) is 5.37. The Morgan fingerprint density at radius 1 is 1.00 bits per heavy atom. The van der Waals surface area contributed by atoms with Crippen LogP contribution < -0.4 is 10.6 Å². The molecule has 0 heterocycles. The molecule has 0 unspecified atom stereocenters. The highest BCUT2D eigenvalue weighted by atomic mass is 15.2. The van der Waals surface area contributed by atoms with Crippen molar-refractivity contribution < 1.29 is 0 Å². The first-order valence-corrected chi connectivity index (χ1v) is 6.56. The summed E-state index contributed by atoms with van der Waals surface area (Å²) >= 11 is 0. The fourth-order valence-corrected chi connectivity index (χ4v) is 1.82. The smallest absolute Gasteiger partial charge is 0.196 e. The van der Waals surface area contributed by atoms with E-state index in [2.05, 4.69) is 75.4 Å². The summed E-state index contributed by atoms with van der Waals surface area (Å²) in [6, 6.07) is 7.06. The van der Waals surface area contributed by atoms with Crippen LogP contribution in [0, 0.1) is 13.8 Å². The molecule has 1 aromatic carbocycles. The number of nitrogens with zero attached hydrogens (tertiary/aromatic N) is 1. The lowest BCUT2D eigenvalue weighted by molar-refractivity contribution is 0.717. The van der Waals surface area contributed by atoms with E-state index in [9.17, 15) is 0 Å². The highest BCUT2D eigenvalue weighted by molar-refractivity contribution is 5.94. The average molecular weight is 247 g/mol. The molecule has 0 aliphatic carbocycles. The first-order valence-electron chi connectivity index (χ1n) is 6.56. The molecule has 0 aliphatic rings. The van der Waals surface area contributed by atoms with Gasteiger partial charge < -0.3 is 10.6 Å². The number of rotatable bonds is 3. The number of hydrogen-bond acceptors (Lipinski definition) is 1. The average Bonchev–Trinajstić information content (AvgIpc) is 2.12. The van der Waals surface area contributed by atoms with Gasteiger partial charge in [0.25, 0.3) is 0 Å². The fourth-order valence-electron chi connectivity index (χ4n) is 1.82. The van der Waals surface area contributed by atoms with Gasteiger partial charge in [-0.3, -0.25) is 4.99 Å². The minimum absolute atomic E-state index is 0.268. The Kier molecular flexibility index (Phi) is 5.20. The van der Waals surface area contributed by atoms with E-state index >= 15 is 0 Å². The van der Waals surface area contributed by atoms with E-state index in [0.717, 1.165) is 11.6 Å². The van der Waals surface area contributed by atoms with E-state index in [4.69, 9.17) is 0 Å². The first kappa shape index (κ1) is 14.6. The van der Waals surface area contributed by atoms with Crippen LogP contribution in [0.5, 0.6) is 0 Å². The number of hydrogen-bond donors (Lipinski definition) is 2. The van der Waals surface area contributed by atoms with Gasteiger partial charge in [0.05, 0.1) is 0 Å². The summed E-state index contributed by atoms with van der Waals surface area (Å²) in [7, 11) is 0. The summed E-state index contributed by atoms with van der Waals surface area (Å²) in [6.45, 7) is 12.6. The van der Waals surface area contributed by atoms with Gasteiger partial charge >= 0.3 is 0 Å². The number of nitrogens with one attached hydrogen (secondary N) is 2. The Hall–Kier alpha value is -1.51. The third-order valence-electron chi connectivity index (χ3n) is 2.30. The van der Waals surface area contributed by atoms with Crippen molar-refractivity contribution in [3.63, 3.8) is 0 Å². The first-order chi connectivity index (χ1) is 8.36. The van der Waals surface area contributed by atoms with Gasteiger partial charge in [-0.2, -0.15) is 0 Å². The fraction of sp³-hybridized carbons (Fsp3) is 0.533. The zero-order chi connectivity index (χ0) is 13.7. The van der Waals surface area contributed by atoms with Crippen molar-refractivity contribution in [2.24, 2.45) is 4.99 Å². The number of guanidine groups is 1. The maximum Gasteiger partial charge on any atom is 0.196 e. The summed E-state index contributed by atoms with van der Waals surface area (Å²) in [5.41, 5.74) is 3.59. The van der Waals surface area contributed by atoms with Gasteiger partial charge in [0.2, 0.25) is 0 Å². The van der Waals surface area contributed by atoms with Crippen LogP contribution in [0.3, 0.4) is 0 Å². The summed E-state index contributed by atoms with van der Waals surface area (Å²) in [5.74, 6) is 0.838. The molecule has 3 heteroatoms. The standard InChI is InChI=1S/C15H25N3/c1-10(2)16-15(17-11(3)4)18-14-8-12(5)7-13(6)9-14/h7-11H,1-6H3,(H2,16,17,18). The number of anilines is 1. The van der Waals surface area contributed by atoms with Gasteiger partial charge in [-0.15, -0.1) is 0 Å². The monoisotopic (exact) mass is 247 g/mol. The number of benzene rings is 1. The van der Waals surface area contributed by atoms with Crippen LogP contribution >= 0.6 is 0 Å². The van der Waals surface area contributed by atoms with Crippen LogP contribution in [0.2, 0.25) is 0 Å². The highest BCUT2D eigenvalue weighted by Crippen LogP contribution is 2.13. The number of aryl methyl sites for hydroxylation is 2. The summed E-state index contributed by atoms with van der Waals surface area (Å²) in [6.07, 6.45) is 0. The Bertz CT molecular complexity index is 399. The quantitative estimate of drug-likeness (QED) is 0.634. The third kappa shape index (κ3) is 5.21. The Morgan fingerprint density at radius 3 is 2.00 bits per heavy atom. The van der Waals surface area contributed by atoms with Crippen molar-refractivity contribution in [3.05, 3.63) is 29.3 Å². The van der Waals surface area contributed by atoms with Gasteiger partial charge in [-0.05, 0) is 64.8 Å². The van der Waals surface area contributed by atoms with Crippen LogP contribution in [0.4, 0.5) is 5.69 Å². The molecule has 3 nitrogen and oxygen atoms in total. The number of aliphatic imine (C=N–C) groups is 1. The molecule has 1 aromatic rings. The van der Waals surface area contributed by atoms with E-state index in [0.29, 0.717) is 6.04 Å². The molecule has 2 N–H and O–H groups in total. The normalized spacial score (nSPS) is 12.1. The third-order valence-corrected chi connectivity index (χ3v) is 2.30. The predicted octanol–water partition coefficient (Wildman–Crippen LogP) is 3.48. The minimum Gasteiger partial charge on any atom is -0.354 e. The van der Waals surface area contributed by atoms with Gasteiger partial charge in [0.1, 0.15) is 0 Å². The van der Waals surface area contributed by atoms with Gasteiger partial charge in [0, 0.05) is 17.8 Å². The lowest BCUT2D eigenvalue weighted by atomic mass is 10.1. The molecule has 0 spiro atoms. The van der Waals surface area contributed by atoms with E-state index in [-0.39, 0.29) is 6.04 Å². The largest absolute Gasteiger partial charge is 0.354 e. The van der Waals surface area contributed by atoms with Crippen molar-refractivity contribution >= 4 is 11.6 Å². The summed E-state index contributed by atoms with van der Waals surface area (Å²) in [4.78, 5) is 4.57. The Labute approximate surface area is 111 Å². The maximum absolute atomic E-state index is 4.57. The summed E-state index contributed by atoms with van der Waals surface area (Å²) < 4.78 is 0. The van der Waals surface area contributed by atoms with Gasteiger partial charge in [-0.1, -0.05) is 6.07 Å². The molecule has 0 radical (unpaired) electrons. The predicted molar refractivity (Wildman–Crippen MR) is 80.4 cm³/mol. The molecule has 0 bridgehead atoms. The molecular formula is C15H25N3. The van der Waals surface area contributed by atoms with Crippen molar-refractivity contribution in [1.82, 2.24) is 5.32 Å². The molecule has 0 atom stereocenters. The van der Waals surface area contributed by atoms with Gasteiger partial charge in [0.15, 0.2) is 5.96 Å². The molecule has 18 heavy (non-hydrogen) atoms. The van der Waals surface area contributed by atoms with E-state index < -0.39 is 0 Å². The molecule has 100 valence electrons. The maximum atomic E-state index is 4.57. The Balaban J connectivity index is 2.88. The van der Waals surface area contributed by atoms with E-state index in [1.807, 2.05) is 0 Å². The summed E-state index contributed by atoms with van der Waals surface area (Å²) in [5, 5.41) is 6.70. The molecule has 0 aromatic heterocycles. The molecule has 0 aliphatic heterocycles. The van der Waals surface area contributed by atoms with Crippen molar-refractivity contribution in [1.29, 1.82) is 0 Å². The zero-order valence-electron chi connectivity index (χ0n) is 12.3. The molecule has 0 fully saturated rings. The second-order valence-corrected chi connectivity index (χ2v) is 5.37. The van der Waals surface area contributed by atoms with Crippen LogP contribution in [-0.4, -0.2) is 18.0 Å². The minimum atomic E-state index is 0.268.